The minimum Gasteiger partial charge on any atom is -0.368 e. The van der Waals surface area contributed by atoms with E-state index in [1.807, 2.05) is 12.3 Å². The Hall–Kier alpha value is -1.35. The molecular formula is C20H27BrIN5. The number of guanidine groups is 1. The van der Waals surface area contributed by atoms with Crippen molar-refractivity contribution in [3.8, 4) is 0 Å². The summed E-state index contributed by atoms with van der Waals surface area (Å²) < 4.78 is 1.15. The van der Waals surface area contributed by atoms with Crippen LogP contribution < -0.4 is 15.5 Å². The standard InChI is InChI=1S/C20H26BrN5.HI/c1-3-22-20(24-13-18-15(2)7-6-11-23-18)25-16-10-12-26(14-16)19-9-5-4-8-17(19)21;/h4-9,11,16H,3,10,12-14H2,1-2H3,(H2,22,24,25);1H. The van der Waals surface area contributed by atoms with Crippen LogP contribution in [0.3, 0.4) is 0 Å². The van der Waals surface area contributed by atoms with Crippen LogP contribution in [-0.2, 0) is 6.54 Å². The van der Waals surface area contributed by atoms with E-state index in [9.17, 15) is 0 Å². The van der Waals surface area contributed by atoms with Crippen molar-refractivity contribution in [3.63, 3.8) is 0 Å². The third-order valence-corrected chi connectivity index (χ3v) is 5.24. The molecule has 1 fully saturated rings. The fourth-order valence-corrected chi connectivity index (χ4v) is 3.69. The van der Waals surface area contributed by atoms with E-state index in [0.717, 1.165) is 42.2 Å². The number of rotatable bonds is 5. The van der Waals surface area contributed by atoms with Crippen LogP contribution in [0.25, 0.3) is 0 Å². The summed E-state index contributed by atoms with van der Waals surface area (Å²) in [5.41, 5.74) is 3.45. The lowest BCUT2D eigenvalue weighted by molar-refractivity contribution is 0.648. The fourth-order valence-electron chi connectivity index (χ4n) is 3.16. The largest absolute Gasteiger partial charge is 0.368 e. The first-order chi connectivity index (χ1) is 12.7. The summed E-state index contributed by atoms with van der Waals surface area (Å²) in [5.74, 6) is 0.858. The van der Waals surface area contributed by atoms with Gasteiger partial charge in [0.15, 0.2) is 5.96 Å². The van der Waals surface area contributed by atoms with E-state index in [1.165, 1.54) is 11.3 Å². The van der Waals surface area contributed by atoms with Gasteiger partial charge < -0.3 is 15.5 Å². The van der Waals surface area contributed by atoms with Gasteiger partial charge in [0.25, 0.3) is 0 Å². The number of aromatic nitrogens is 1. The number of pyridine rings is 1. The van der Waals surface area contributed by atoms with Crippen LogP contribution in [-0.4, -0.2) is 36.6 Å². The van der Waals surface area contributed by atoms with Crippen molar-refractivity contribution >= 4 is 51.6 Å². The number of halogens is 2. The van der Waals surface area contributed by atoms with E-state index >= 15 is 0 Å². The smallest absolute Gasteiger partial charge is 0.191 e. The zero-order valence-electron chi connectivity index (χ0n) is 15.8. The molecule has 1 aliphatic heterocycles. The molecule has 1 aliphatic rings. The fraction of sp³-hybridized carbons (Fsp3) is 0.400. The van der Waals surface area contributed by atoms with Gasteiger partial charge in [-0.1, -0.05) is 18.2 Å². The summed E-state index contributed by atoms with van der Waals surface area (Å²) in [5, 5.41) is 6.93. The third kappa shape index (κ3) is 6.07. The van der Waals surface area contributed by atoms with Crippen molar-refractivity contribution in [1.82, 2.24) is 15.6 Å². The van der Waals surface area contributed by atoms with Gasteiger partial charge in [0.2, 0.25) is 0 Å². The maximum atomic E-state index is 4.73. The Morgan fingerprint density at radius 3 is 2.85 bits per heavy atom. The minimum absolute atomic E-state index is 0. The van der Waals surface area contributed by atoms with Crippen LogP contribution in [0.2, 0.25) is 0 Å². The van der Waals surface area contributed by atoms with Gasteiger partial charge >= 0.3 is 0 Å². The van der Waals surface area contributed by atoms with E-state index in [0.29, 0.717) is 12.6 Å². The van der Waals surface area contributed by atoms with Crippen LogP contribution in [0, 0.1) is 6.92 Å². The summed E-state index contributed by atoms with van der Waals surface area (Å²) >= 11 is 3.65. The molecule has 0 spiro atoms. The number of hydrogen-bond acceptors (Lipinski definition) is 3. The van der Waals surface area contributed by atoms with Crippen LogP contribution >= 0.6 is 39.9 Å². The molecule has 0 aliphatic carbocycles. The molecule has 1 unspecified atom stereocenters. The number of benzene rings is 1. The van der Waals surface area contributed by atoms with E-state index in [4.69, 9.17) is 4.99 Å². The maximum absolute atomic E-state index is 4.73. The average Bonchev–Trinajstić information content (AvgIpc) is 3.10. The van der Waals surface area contributed by atoms with Gasteiger partial charge in [0, 0.05) is 36.3 Å². The summed E-state index contributed by atoms with van der Waals surface area (Å²) in [6, 6.07) is 12.8. The molecule has 0 bridgehead atoms. The highest BCUT2D eigenvalue weighted by Gasteiger charge is 2.24. The second-order valence-electron chi connectivity index (χ2n) is 6.49. The zero-order valence-corrected chi connectivity index (χ0v) is 19.7. The molecule has 5 nitrogen and oxygen atoms in total. The van der Waals surface area contributed by atoms with Gasteiger partial charge in [-0.2, -0.15) is 0 Å². The summed E-state index contributed by atoms with van der Waals surface area (Å²) in [4.78, 5) is 11.6. The molecular weight excluding hydrogens is 517 g/mol. The molecule has 2 aromatic rings. The van der Waals surface area contributed by atoms with Crippen molar-refractivity contribution in [2.75, 3.05) is 24.5 Å². The molecule has 7 heteroatoms. The molecule has 27 heavy (non-hydrogen) atoms. The molecule has 0 amide bonds. The van der Waals surface area contributed by atoms with Crippen LogP contribution in [0.5, 0.6) is 0 Å². The topological polar surface area (TPSA) is 52.6 Å². The van der Waals surface area contributed by atoms with Crippen molar-refractivity contribution < 1.29 is 0 Å². The second-order valence-corrected chi connectivity index (χ2v) is 7.34. The number of nitrogens with one attached hydrogen (secondary N) is 2. The lowest BCUT2D eigenvalue weighted by Crippen LogP contribution is -2.44. The molecule has 0 radical (unpaired) electrons. The van der Waals surface area contributed by atoms with Crippen molar-refractivity contribution in [1.29, 1.82) is 0 Å². The molecule has 0 saturated carbocycles. The van der Waals surface area contributed by atoms with Crippen LogP contribution in [0.1, 0.15) is 24.6 Å². The van der Waals surface area contributed by atoms with Gasteiger partial charge in [0.05, 0.1) is 17.9 Å². The minimum atomic E-state index is 0. The molecule has 1 aromatic heterocycles. The molecule has 1 saturated heterocycles. The second kappa shape index (κ2) is 10.8. The predicted molar refractivity (Wildman–Crippen MR) is 127 cm³/mol. The lowest BCUT2D eigenvalue weighted by Gasteiger charge is -2.21. The maximum Gasteiger partial charge on any atom is 0.191 e. The highest BCUT2D eigenvalue weighted by atomic mass is 127. The first-order valence-electron chi connectivity index (χ1n) is 9.12. The molecule has 2 heterocycles. The Morgan fingerprint density at radius 1 is 1.30 bits per heavy atom. The predicted octanol–water partition coefficient (Wildman–Crippen LogP) is 4.10. The monoisotopic (exact) mass is 543 g/mol. The summed E-state index contributed by atoms with van der Waals surface area (Å²) in [7, 11) is 0. The SMILES string of the molecule is CCNC(=NCc1ncccc1C)NC1CCN(c2ccccc2Br)C1.I. The highest BCUT2D eigenvalue weighted by molar-refractivity contribution is 14.0. The molecule has 146 valence electrons. The normalized spacial score (nSPS) is 16.8. The van der Waals surface area contributed by atoms with Crippen LogP contribution in [0.15, 0.2) is 52.1 Å². The van der Waals surface area contributed by atoms with Gasteiger partial charge in [0.1, 0.15) is 0 Å². The number of nitrogens with zero attached hydrogens (tertiary/aromatic N) is 3. The average molecular weight is 544 g/mol. The first-order valence-corrected chi connectivity index (χ1v) is 9.91. The molecule has 1 atom stereocenters. The van der Waals surface area contributed by atoms with E-state index in [2.05, 4.69) is 80.6 Å². The number of hydrogen-bond donors (Lipinski definition) is 2. The Kier molecular flexibility index (Phi) is 8.82. The Balaban J connectivity index is 0.00000261. The van der Waals surface area contributed by atoms with Gasteiger partial charge in [-0.15, -0.1) is 24.0 Å². The van der Waals surface area contributed by atoms with Gasteiger partial charge in [-0.25, -0.2) is 4.99 Å². The Morgan fingerprint density at radius 2 is 2.11 bits per heavy atom. The van der Waals surface area contributed by atoms with E-state index in [-0.39, 0.29) is 24.0 Å². The highest BCUT2D eigenvalue weighted by Crippen LogP contribution is 2.28. The van der Waals surface area contributed by atoms with Gasteiger partial charge in [-0.05, 0) is 60.0 Å². The number of aryl methyl sites for hydroxylation is 1. The van der Waals surface area contributed by atoms with E-state index in [1.54, 1.807) is 0 Å². The Bertz CT molecular complexity index is 768. The van der Waals surface area contributed by atoms with Crippen LogP contribution in [0.4, 0.5) is 5.69 Å². The summed E-state index contributed by atoms with van der Waals surface area (Å²) in [6.45, 7) is 7.60. The Labute approximate surface area is 187 Å². The summed E-state index contributed by atoms with van der Waals surface area (Å²) in [6.07, 6.45) is 2.92. The zero-order chi connectivity index (χ0) is 18.4. The third-order valence-electron chi connectivity index (χ3n) is 4.57. The molecule has 2 N–H and O–H groups in total. The number of aliphatic imine (C=N–C) groups is 1. The van der Waals surface area contributed by atoms with Crippen molar-refractivity contribution in [3.05, 3.63) is 58.3 Å². The lowest BCUT2D eigenvalue weighted by atomic mass is 10.2. The first kappa shape index (κ1) is 21.9. The number of anilines is 1. The quantitative estimate of drug-likeness (QED) is 0.338. The molecule has 3 rings (SSSR count). The van der Waals surface area contributed by atoms with Crippen molar-refractivity contribution in [2.24, 2.45) is 4.99 Å². The van der Waals surface area contributed by atoms with E-state index < -0.39 is 0 Å². The van der Waals surface area contributed by atoms with Crippen molar-refractivity contribution in [2.45, 2.75) is 32.9 Å². The molecule has 1 aromatic carbocycles. The number of para-hydroxylation sites is 1. The van der Waals surface area contributed by atoms with Gasteiger partial charge in [-0.3, -0.25) is 4.98 Å².